The summed E-state index contributed by atoms with van der Waals surface area (Å²) < 4.78 is 6.11. The number of fused-ring (bicyclic) bond motifs is 1. The Morgan fingerprint density at radius 3 is 2.43 bits per heavy atom. The van der Waals surface area contributed by atoms with Gasteiger partial charge in [0.1, 0.15) is 17.9 Å². The van der Waals surface area contributed by atoms with Crippen molar-refractivity contribution in [2.75, 3.05) is 4.90 Å². The molecule has 8 heteroatoms. The second kappa shape index (κ2) is 10.1. The first-order valence-electron chi connectivity index (χ1n) is 11.4. The summed E-state index contributed by atoms with van der Waals surface area (Å²) in [6.45, 7) is 2.04. The maximum absolute atomic E-state index is 13.4. The maximum atomic E-state index is 13.4. The van der Waals surface area contributed by atoms with Crippen molar-refractivity contribution in [3.05, 3.63) is 111 Å². The predicted octanol–water partition coefficient (Wildman–Crippen LogP) is 6.70. The summed E-state index contributed by atoms with van der Waals surface area (Å²) in [5.41, 5.74) is 2.39. The lowest BCUT2D eigenvalue weighted by Crippen LogP contribution is -2.54. The highest BCUT2D eigenvalue weighted by Gasteiger charge is 2.37. The Hall–Kier alpha value is -4.13. The topological polar surface area (TPSA) is 75.7 Å². The molecule has 184 valence electrons. The monoisotopic (exact) mass is 530 g/mol. The van der Waals surface area contributed by atoms with Gasteiger partial charge in [-0.25, -0.2) is 9.69 Å². The number of nitrogens with zero attached hydrogens (tertiary/aromatic N) is 1. The second-order valence-electron chi connectivity index (χ2n) is 8.52. The van der Waals surface area contributed by atoms with E-state index in [0.29, 0.717) is 27.0 Å². The van der Waals surface area contributed by atoms with Gasteiger partial charge in [0, 0.05) is 21.2 Å². The van der Waals surface area contributed by atoms with Crippen LogP contribution in [0.1, 0.15) is 16.7 Å². The van der Waals surface area contributed by atoms with E-state index >= 15 is 0 Å². The zero-order valence-electron chi connectivity index (χ0n) is 19.6. The number of ether oxygens (including phenoxy) is 1. The highest BCUT2D eigenvalue weighted by atomic mass is 35.5. The Labute approximate surface area is 223 Å². The van der Waals surface area contributed by atoms with Crippen molar-refractivity contribution in [2.45, 2.75) is 13.5 Å². The summed E-state index contributed by atoms with van der Waals surface area (Å²) in [5, 5.41) is 4.91. The Kier molecular flexibility index (Phi) is 6.70. The summed E-state index contributed by atoms with van der Waals surface area (Å²) in [6, 6.07) is 22.4. The fourth-order valence-electron chi connectivity index (χ4n) is 4.07. The van der Waals surface area contributed by atoms with E-state index in [1.807, 2.05) is 37.3 Å². The fourth-order valence-corrected chi connectivity index (χ4v) is 4.54. The number of anilines is 1. The van der Waals surface area contributed by atoms with Crippen LogP contribution in [0.25, 0.3) is 16.8 Å². The fraction of sp³-hybridized carbons (Fsp3) is 0.0690. The van der Waals surface area contributed by atoms with Gasteiger partial charge in [-0.1, -0.05) is 77.3 Å². The molecule has 37 heavy (non-hydrogen) atoms. The minimum atomic E-state index is -0.803. The van der Waals surface area contributed by atoms with Crippen molar-refractivity contribution >= 4 is 63.6 Å². The first-order valence-corrected chi connectivity index (χ1v) is 12.1. The molecule has 0 aliphatic carbocycles. The van der Waals surface area contributed by atoms with Crippen LogP contribution in [0.5, 0.6) is 5.75 Å². The van der Waals surface area contributed by atoms with Crippen LogP contribution in [0.3, 0.4) is 0 Å². The first-order chi connectivity index (χ1) is 17.8. The summed E-state index contributed by atoms with van der Waals surface area (Å²) in [5.74, 6) is -1.06. The number of rotatable bonds is 5. The Morgan fingerprint density at radius 1 is 0.919 bits per heavy atom. The molecule has 1 saturated heterocycles. The van der Waals surface area contributed by atoms with Crippen molar-refractivity contribution in [3.8, 4) is 5.75 Å². The number of amides is 4. The Bertz CT molecular complexity index is 1600. The lowest BCUT2D eigenvalue weighted by Gasteiger charge is -2.26. The molecule has 1 heterocycles. The van der Waals surface area contributed by atoms with E-state index in [1.54, 1.807) is 48.5 Å². The van der Waals surface area contributed by atoms with Gasteiger partial charge in [-0.3, -0.25) is 14.9 Å². The van der Waals surface area contributed by atoms with Gasteiger partial charge < -0.3 is 4.74 Å². The smallest absolute Gasteiger partial charge is 0.335 e. The number of urea groups is 1. The van der Waals surface area contributed by atoms with Crippen LogP contribution in [-0.4, -0.2) is 17.8 Å². The molecule has 1 fully saturated rings. The summed E-state index contributed by atoms with van der Waals surface area (Å²) in [4.78, 5) is 39.8. The number of hydrogen-bond acceptors (Lipinski definition) is 4. The summed E-state index contributed by atoms with van der Waals surface area (Å²) >= 11 is 12.3. The average molecular weight is 531 g/mol. The molecule has 1 N–H and O–H groups in total. The van der Waals surface area contributed by atoms with Gasteiger partial charge in [0.05, 0.1) is 5.69 Å². The Morgan fingerprint density at radius 2 is 1.68 bits per heavy atom. The predicted molar refractivity (Wildman–Crippen MR) is 145 cm³/mol. The molecule has 4 aromatic rings. The van der Waals surface area contributed by atoms with Gasteiger partial charge in [-0.2, -0.15) is 0 Å². The molecule has 0 atom stereocenters. The van der Waals surface area contributed by atoms with E-state index in [4.69, 9.17) is 27.9 Å². The molecular formula is C29H20Cl2N2O4. The molecule has 4 amide bonds. The molecule has 1 aliphatic heterocycles. The number of nitrogens with one attached hydrogen (secondary N) is 1. The first kappa shape index (κ1) is 24.6. The number of imide groups is 2. The number of hydrogen-bond donors (Lipinski definition) is 1. The maximum Gasteiger partial charge on any atom is 0.335 e. The van der Waals surface area contributed by atoms with Gasteiger partial charge in [0.15, 0.2) is 0 Å². The zero-order valence-corrected chi connectivity index (χ0v) is 21.1. The third-order valence-corrected chi connectivity index (χ3v) is 6.60. The highest BCUT2D eigenvalue weighted by molar-refractivity contribution is 6.39. The van der Waals surface area contributed by atoms with E-state index in [2.05, 4.69) is 5.32 Å². The molecule has 0 saturated carbocycles. The normalized spacial score (nSPS) is 14.8. The van der Waals surface area contributed by atoms with Gasteiger partial charge in [-0.05, 0) is 54.1 Å². The van der Waals surface area contributed by atoms with Gasteiger partial charge in [-0.15, -0.1) is 0 Å². The van der Waals surface area contributed by atoms with Gasteiger partial charge >= 0.3 is 6.03 Å². The summed E-state index contributed by atoms with van der Waals surface area (Å²) in [7, 11) is 0. The van der Waals surface area contributed by atoms with E-state index in [9.17, 15) is 14.4 Å². The van der Waals surface area contributed by atoms with Crippen LogP contribution in [0.2, 0.25) is 10.0 Å². The van der Waals surface area contributed by atoms with E-state index in [-0.39, 0.29) is 12.2 Å². The number of carbonyl (C=O) groups excluding carboxylic acids is 3. The van der Waals surface area contributed by atoms with Crippen molar-refractivity contribution in [3.63, 3.8) is 0 Å². The minimum Gasteiger partial charge on any atom is -0.488 e. The van der Waals surface area contributed by atoms with Crippen LogP contribution in [0.15, 0.2) is 84.4 Å². The number of carbonyl (C=O) groups is 3. The number of barbiturate groups is 1. The average Bonchev–Trinajstić information content (AvgIpc) is 2.87. The third-order valence-electron chi connectivity index (χ3n) is 6.01. The highest BCUT2D eigenvalue weighted by Crippen LogP contribution is 2.33. The van der Waals surface area contributed by atoms with Crippen LogP contribution >= 0.6 is 23.2 Å². The SMILES string of the molecule is Cc1ccc(N2C(=O)NC(=O)/C(=C\c3c(OCc4ccc(Cl)cc4Cl)ccc4ccccc34)C2=O)cc1. The molecule has 0 radical (unpaired) electrons. The van der Waals surface area contributed by atoms with Crippen molar-refractivity contribution in [1.82, 2.24) is 5.32 Å². The summed E-state index contributed by atoms with van der Waals surface area (Å²) in [6.07, 6.45) is 1.46. The van der Waals surface area contributed by atoms with Crippen LogP contribution in [0.4, 0.5) is 10.5 Å². The molecule has 0 bridgehead atoms. The number of halogens is 2. The third kappa shape index (κ3) is 4.94. The Balaban J connectivity index is 1.58. The molecule has 0 unspecified atom stereocenters. The molecule has 6 nitrogen and oxygen atoms in total. The van der Waals surface area contributed by atoms with E-state index in [0.717, 1.165) is 26.8 Å². The van der Waals surface area contributed by atoms with Crippen LogP contribution in [0, 0.1) is 6.92 Å². The standard InChI is InChI=1S/C29H20Cl2N2O4/c1-17-6-11-21(12-7-17)33-28(35)24(27(34)32-29(33)36)15-23-22-5-3-2-4-18(22)9-13-26(23)37-16-19-8-10-20(30)14-25(19)31/h2-15H,16H2,1H3,(H,32,34,36)/b24-15+. The van der Waals surface area contributed by atoms with Crippen molar-refractivity contribution in [2.24, 2.45) is 0 Å². The molecule has 1 aliphatic rings. The van der Waals surface area contributed by atoms with Gasteiger partial charge in [0.25, 0.3) is 11.8 Å². The number of aryl methyl sites for hydroxylation is 1. The van der Waals surface area contributed by atoms with Crippen LogP contribution in [-0.2, 0) is 16.2 Å². The molecular weight excluding hydrogens is 511 g/mol. The quantitative estimate of drug-likeness (QED) is 0.230. The number of benzene rings is 4. The molecule has 4 aromatic carbocycles. The van der Waals surface area contributed by atoms with Crippen LogP contribution < -0.4 is 15.0 Å². The molecule has 5 rings (SSSR count). The second-order valence-corrected chi connectivity index (χ2v) is 9.36. The van der Waals surface area contributed by atoms with E-state index in [1.165, 1.54) is 6.08 Å². The lowest BCUT2D eigenvalue weighted by molar-refractivity contribution is -0.122. The lowest BCUT2D eigenvalue weighted by atomic mass is 9.99. The zero-order chi connectivity index (χ0) is 26.1. The minimum absolute atomic E-state index is 0.138. The van der Waals surface area contributed by atoms with Crippen molar-refractivity contribution < 1.29 is 19.1 Å². The molecule has 0 aromatic heterocycles. The van der Waals surface area contributed by atoms with E-state index < -0.39 is 17.8 Å². The largest absolute Gasteiger partial charge is 0.488 e. The molecule has 0 spiro atoms. The van der Waals surface area contributed by atoms with Gasteiger partial charge in [0.2, 0.25) is 0 Å². The van der Waals surface area contributed by atoms with Crippen molar-refractivity contribution in [1.29, 1.82) is 0 Å².